The van der Waals surface area contributed by atoms with Gasteiger partial charge in [-0.05, 0) is 12.8 Å². The van der Waals surface area contributed by atoms with Crippen LogP contribution in [0, 0.1) is 0 Å². The Morgan fingerprint density at radius 2 is 2.25 bits per heavy atom. The first-order chi connectivity index (χ1) is 9.81. The molecule has 3 heterocycles. The van der Waals surface area contributed by atoms with E-state index in [1.807, 2.05) is 22.2 Å². The monoisotopic (exact) mass is 287 g/mol. The Morgan fingerprint density at radius 1 is 1.35 bits per heavy atom. The van der Waals surface area contributed by atoms with E-state index in [1.54, 1.807) is 17.5 Å². The molecule has 1 atom stereocenters. The highest BCUT2D eigenvalue weighted by Crippen LogP contribution is 2.24. The van der Waals surface area contributed by atoms with Crippen molar-refractivity contribution in [1.82, 2.24) is 19.6 Å². The molecule has 0 aliphatic carbocycles. The largest absolute Gasteiger partial charge is 0.361 e. The molecule has 3 rings (SSSR count). The third kappa shape index (κ3) is 2.38. The van der Waals surface area contributed by atoms with Crippen LogP contribution in [0.5, 0.6) is 0 Å². The zero-order chi connectivity index (χ0) is 13.9. The highest BCUT2D eigenvalue weighted by molar-refractivity contribution is 7.09. The van der Waals surface area contributed by atoms with Crippen molar-refractivity contribution in [1.29, 1.82) is 0 Å². The first-order valence-electron chi connectivity index (χ1n) is 6.81. The van der Waals surface area contributed by atoms with Crippen molar-refractivity contribution in [2.24, 2.45) is 0 Å². The number of nitrogens with zero attached hydrogens (tertiary/aromatic N) is 4. The number of hydrogen-bond donors (Lipinski definition) is 1. The number of aryl methyl sites for hydroxylation is 1. The number of hydrogen-bond acceptors (Lipinski definition) is 5. The second-order valence-electron chi connectivity index (χ2n) is 4.56. The molecule has 0 fully saturated rings. The van der Waals surface area contributed by atoms with Gasteiger partial charge in [0, 0.05) is 29.4 Å². The lowest BCUT2D eigenvalue weighted by molar-refractivity contribution is 0.727. The van der Waals surface area contributed by atoms with Crippen LogP contribution < -0.4 is 5.32 Å². The van der Waals surface area contributed by atoms with Gasteiger partial charge in [0.25, 0.3) is 0 Å². The minimum absolute atomic E-state index is 0.203. The minimum Gasteiger partial charge on any atom is -0.361 e. The summed E-state index contributed by atoms with van der Waals surface area (Å²) >= 11 is 1.67. The molecule has 20 heavy (non-hydrogen) atoms. The summed E-state index contributed by atoms with van der Waals surface area (Å²) in [5.41, 5.74) is 1.94. The summed E-state index contributed by atoms with van der Waals surface area (Å²) in [6, 6.07) is 4.19. The van der Waals surface area contributed by atoms with E-state index in [0.717, 1.165) is 35.0 Å². The van der Waals surface area contributed by atoms with E-state index in [4.69, 9.17) is 0 Å². The van der Waals surface area contributed by atoms with Crippen LogP contribution in [-0.4, -0.2) is 19.6 Å². The van der Waals surface area contributed by atoms with Gasteiger partial charge in [0.1, 0.15) is 10.8 Å². The summed E-state index contributed by atoms with van der Waals surface area (Å²) in [4.78, 5) is 8.96. The topological polar surface area (TPSA) is 55.1 Å². The number of nitrogens with one attached hydrogen (secondary N) is 1. The molecule has 0 spiro atoms. The quantitative estimate of drug-likeness (QED) is 0.782. The molecule has 3 aromatic heterocycles. The summed E-state index contributed by atoms with van der Waals surface area (Å²) in [6.45, 7) is 4.26. The van der Waals surface area contributed by atoms with Crippen LogP contribution in [0.4, 0.5) is 5.82 Å². The van der Waals surface area contributed by atoms with Gasteiger partial charge >= 0.3 is 0 Å². The molecule has 0 saturated carbocycles. The average Bonchev–Trinajstić information content (AvgIpc) is 3.14. The second-order valence-corrected chi connectivity index (χ2v) is 5.49. The van der Waals surface area contributed by atoms with Crippen LogP contribution in [0.3, 0.4) is 0 Å². The van der Waals surface area contributed by atoms with Gasteiger partial charge in [-0.2, -0.15) is 9.61 Å². The Bertz CT molecular complexity index is 689. The molecule has 6 heteroatoms. The van der Waals surface area contributed by atoms with E-state index >= 15 is 0 Å². The van der Waals surface area contributed by atoms with Gasteiger partial charge in [-0.15, -0.1) is 11.3 Å². The van der Waals surface area contributed by atoms with Crippen LogP contribution >= 0.6 is 11.3 Å². The second kappa shape index (κ2) is 5.58. The van der Waals surface area contributed by atoms with Crippen LogP contribution in [0.2, 0.25) is 0 Å². The van der Waals surface area contributed by atoms with Crippen molar-refractivity contribution in [2.45, 2.75) is 32.7 Å². The first kappa shape index (κ1) is 13.1. The Morgan fingerprint density at radius 3 is 2.95 bits per heavy atom. The molecule has 0 saturated heterocycles. The number of rotatable bonds is 5. The van der Waals surface area contributed by atoms with Gasteiger partial charge in [-0.3, -0.25) is 0 Å². The van der Waals surface area contributed by atoms with E-state index in [9.17, 15) is 0 Å². The number of fused-ring (bicyclic) bond motifs is 1. The summed E-state index contributed by atoms with van der Waals surface area (Å²) in [5.74, 6) is 0.971. The third-order valence-corrected chi connectivity index (χ3v) is 4.14. The molecule has 0 aromatic carbocycles. The average molecular weight is 287 g/mol. The van der Waals surface area contributed by atoms with Gasteiger partial charge in [0.2, 0.25) is 0 Å². The Kier molecular flexibility index (Phi) is 3.64. The maximum Gasteiger partial charge on any atom is 0.157 e. The van der Waals surface area contributed by atoms with Crippen molar-refractivity contribution in [3.8, 4) is 0 Å². The zero-order valence-corrected chi connectivity index (χ0v) is 12.4. The van der Waals surface area contributed by atoms with Crippen LogP contribution in [0.1, 0.15) is 37.0 Å². The Balaban J connectivity index is 1.98. The summed E-state index contributed by atoms with van der Waals surface area (Å²) in [7, 11) is 0. The van der Waals surface area contributed by atoms with E-state index in [2.05, 4.69) is 40.3 Å². The molecular formula is C14H17N5S. The molecule has 0 aliphatic heterocycles. The predicted octanol–water partition coefficient (Wildman–Crippen LogP) is 3.31. The van der Waals surface area contributed by atoms with Crippen molar-refractivity contribution < 1.29 is 0 Å². The molecule has 3 aromatic rings. The Labute approximate surface area is 121 Å². The van der Waals surface area contributed by atoms with Gasteiger partial charge in [0.15, 0.2) is 5.65 Å². The number of anilines is 1. The van der Waals surface area contributed by atoms with Crippen LogP contribution in [0.15, 0.2) is 29.9 Å². The molecule has 0 radical (unpaired) electrons. The summed E-state index contributed by atoms with van der Waals surface area (Å²) in [5, 5.41) is 11.0. The summed E-state index contributed by atoms with van der Waals surface area (Å²) < 4.78 is 1.84. The van der Waals surface area contributed by atoms with Gasteiger partial charge < -0.3 is 5.32 Å². The SMILES string of the molecule is CCc1cc(N[C@@H](CC)c2nccs2)n2nccc2n1. The lowest BCUT2D eigenvalue weighted by Crippen LogP contribution is -2.13. The molecule has 104 valence electrons. The molecule has 0 bridgehead atoms. The smallest absolute Gasteiger partial charge is 0.157 e. The number of aromatic nitrogens is 4. The van der Waals surface area contributed by atoms with Gasteiger partial charge in [-0.25, -0.2) is 9.97 Å². The van der Waals surface area contributed by atoms with Crippen molar-refractivity contribution >= 4 is 22.8 Å². The molecule has 0 aliphatic rings. The van der Waals surface area contributed by atoms with Gasteiger partial charge in [0.05, 0.1) is 12.2 Å². The van der Waals surface area contributed by atoms with E-state index < -0.39 is 0 Å². The van der Waals surface area contributed by atoms with Crippen molar-refractivity contribution in [2.75, 3.05) is 5.32 Å². The predicted molar refractivity (Wildman–Crippen MR) is 81.1 cm³/mol. The van der Waals surface area contributed by atoms with Crippen molar-refractivity contribution in [3.05, 3.63) is 40.6 Å². The molecule has 0 amide bonds. The van der Waals surface area contributed by atoms with Gasteiger partial charge in [-0.1, -0.05) is 13.8 Å². The fraction of sp³-hybridized carbons (Fsp3) is 0.357. The van der Waals surface area contributed by atoms with Crippen LogP contribution in [-0.2, 0) is 6.42 Å². The van der Waals surface area contributed by atoms with E-state index in [0.29, 0.717) is 0 Å². The van der Waals surface area contributed by atoms with Crippen molar-refractivity contribution in [3.63, 3.8) is 0 Å². The van der Waals surface area contributed by atoms with E-state index in [-0.39, 0.29) is 6.04 Å². The molecule has 0 unspecified atom stereocenters. The molecule has 5 nitrogen and oxygen atoms in total. The lowest BCUT2D eigenvalue weighted by atomic mass is 10.2. The lowest BCUT2D eigenvalue weighted by Gasteiger charge is -2.17. The summed E-state index contributed by atoms with van der Waals surface area (Å²) in [6.07, 6.45) is 5.50. The Hall–Kier alpha value is -1.95. The zero-order valence-electron chi connectivity index (χ0n) is 11.6. The van der Waals surface area contributed by atoms with E-state index in [1.165, 1.54) is 0 Å². The first-order valence-corrected chi connectivity index (χ1v) is 7.69. The normalized spacial score (nSPS) is 12.7. The highest BCUT2D eigenvalue weighted by Gasteiger charge is 2.14. The maximum absolute atomic E-state index is 4.56. The molecular weight excluding hydrogens is 270 g/mol. The maximum atomic E-state index is 4.56. The minimum atomic E-state index is 0.203. The third-order valence-electron chi connectivity index (χ3n) is 3.25. The van der Waals surface area contributed by atoms with Crippen LogP contribution in [0.25, 0.3) is 5.65 Å². The highest BCUT2D eigenvalue weighted by atomic mass is 32.1. The fourth-order valence-corrected chi connectivity index (χ4v) is 2.95. The number of thiazole rings is 1. The standard InChI is InChI=1S/C14H17N5S/c1-3-10-9-13(19-12(17-10)5-6-16-19)18-11(4-2)14-15-7-8-20-14/h5-9,11,18H,3-4H2,1-2H3/t11-/m0/s1. The molecule has 1 N–H and O–H groups in total. The fourth-order valence-electron chi connectivity index (χ4n) is 2.17.